The SMILES string of the molecule is NCC1=CC=CC(N2CCCC2)C1=O. The van der Waals surface area contributed by atoms with Crippen molar-refractivity contribution in [3.05, 3.63) is 23.8 Å². The molecule has 0 bridgehead atoms. The zero-order valence-electron chi connectivity index (χ0n) is 8.28. The van der Waals surface area contributed by atoms with Gasteiger partial charge in [-0.05, 0) is 25.9 Å². The predicted octanol–water partition coefficient (Wildman–Crippen LogP) is 0.475. The summed E-state index contributed by atoms with van der Waals surface area (Å²) >= 11 is 0. The molecule has 2 N–H and O–H groups in total. The van der Waals surface area contributed by atoms with Crippen molar-refractivity contribution in [1.82, 2.24) is 4.90 Å². The highest BCUT2D eigenvalue weighted by Gasteiger charge is 2.28. The number of hydrogen-bond donors (Lipinski definition) is 1. The van der Waals surface area contributed by atoms with Crippen LogP contribution in [0, 0.1) is 0 Å². The zero-order chi connectivity index (χ0) is 9.97. The smallest absolute Gasteiger partial charge is 0.181 e. The van der Waals surface area contributed by atoms with Gasteiger partial charge in [-0.25, -0.2) is 0 Å². The van der Waals surface area contributed by atoms with E-state index in [1.807, 2.05) is 18.2 Å². The Labute approximate surface area is 84.3 Å². The number of Topliss-reactive ketones (excluding diaryl/α,β-unsaturated/α-hetero) is 1. The first-order chi connectivity index (χ1) is 6.83. The minimum absolute atomic E-state index is 0.0407. The molecule has 0 amide bonds. The van der Waals surface area contributed by atoms with Gasteiger partial charge in [0, 0.05) is 12.1 Å². The van der Waals surface area contributed by atoms with Gasteiger partial charge in [-0.15, -0.1) is 0 Å². The number of ketones is 1. The summed E-state index contributed by atoms with van der Waals surface area (Å²) in [5, 5.41) is 0. The van der Waals surface area contributed by atoms with Crippen LogP contribution in [0.15, 0.2) is 23.8 Å². The van der Waals surface area contributed by atoms with Crippen molar-refractivity contribution >= 4 is 5.78 Å². The fourth-order valence-corrected chi connectivity index (χ4v) is 2.11. The zero-order valence-corrected chi connectivity index (χ0v) is 8.28. The number of carbonyl (C=O) groups excluding carboxylic acids is 1. The molecule has 14 heavy (non-hydrogen) atoms. The van der Waals surface area contributed by atoms with E-state index in [1.165, 1.54) is 12.8 Å². The van der Waals surface area contributed by atoms with Crippen molar-refractivity contribution in [1.29, 1.82) is 0 Å². The molecule has 1 unspecified atom stereocenters. The molecule has 3 nitrogen and oxygen atoms in total. The van der Waals surface area contributed by atoms with E-state index in [0.29, 0.717) is 6.54 Å². The highest BCUT2D eigenvalue weighted by Crippen LogP contribution is 2.18. The monoisotopic (exact) mass is 192 g/mol. The Morgan fingerprint density at radius 1 is 1.43 bits per heavy atom. The molecule has 0 aromatic rings. The van der Waals surface area contributed by atoms with Gasteiger partial charge in [0.05, 0.1) is 6.04 Å². The molecule has 76 valence electrons. The standard InChI is InChI=1S/C11H16N2O/c12-8-9-4-3-5-10(11(9)14)13-6-1-2-7-13/h3-5,10H,1-2,6-8,12H2. The van der Waals surface area contributed by atoms with E-state index in [-0.39, 0.29) is 11.8 Å². The van der Waals surface area contributed by atoms with Crippen molar-refractivity contribution < 1.29 is 4.79 Å². The lowest BCUT2D eigenvalue weighted by atomic mass is 9.98. The number of rotatable bonds is 2. The first kappa shape index (κ1) is 9.62. The van der Waals surface area contributed by atoms with Crippen LogP contribution in [-0.4, -0.2) is 36.4 Å². The lowest BCUT2D eigenvalue weighted by Crippen LogP contribution is -2.40. The highest BCUT2D eigenvalue weighted by molar-refractivity contribution is 6.02. The third-order valence-electron chi connectivity index (χ3n) is 2.93. The van der Waals surface area contributed by atoms with Crippen LogP contribution < -0.4 is 5.73 Å². The quantitative estimate of drug-likeness (QED) is 0.692. The number of allylic oxidation sites excluding steroid dienone is 2. The molecule has 0 aromatic heterocycles. The van der Waals surface area contributed by atoms with E-state index >= 15 is 0 Å². The Balaban J connectivity index is 2.11. The number of nitrogens with two attached hydrogens (primary N) is 1. The highest BCUT2D eigenvalue weighted by atomic mass is 16.1. The average molecular weight is 192 g/mol. The second kappa shape index (κ2) is 4.07. The van der Waals surface area contributed by atoms with Crippen LogP contribution in [0.1, 0.15) is 12.8 Å². The van der Waals surface area contributed by atoms with E-state index < -0.39 is 0 Å². The Morgan fingerprint density at radius 3 is 2.79 bits per heavy atom. The molecule has 1 aliphatic carbocycles. The van der Waals surface area contributed by atoms with Gasteiger partial charge >= 0.3 is 0 Å². The summed E-state index contributed by atoms with van der Waals surface area (Å²) in [7, 11) is 0. The minimum Gasteiger partial charge on any atom is -0.326 e. The molecule has 2 aliphatic rings. The number of likely N-dealkylation sites (tertiary alicyclic amines) is 1. The molecule has 0 spiro atoms. The van der Waals surface area contributed by atoms with Crippen LogP contribution in [0.25, 0.3) is 0 Å². The summed E-state index contributed by atoms with van der Waals surface area (Å²) in [6.45, 7) is 2.44. The number of carbonyl (C=O) groups is 1. The van der Waals surface area contributed by atoms with E-state index in [9.17, 15) is 4.79 Å². The maximum absolute atomic E-state index is 11.9. The average Bonchev–Trinajstić information content (AvgIpc) is 2.71. The summed E-state index contributed by atoms with van der Waals surface area (Å²) in [6, 6.07) is -0.0407. The van der Waals surface area contributed by atoms with Gasteiger partial charge in [0.15, 0.2) is 5.78 Å². The number of nitrogens with zero attached hydrogens (tertiary/aromatic N) is 1. The summed E-state index contributed by atoms with van der Waals surface area (Å²) < 4.78 is 0. The molecule has 0 saturated carbocycles. The molecular weight excluding hydrogens is 176 g/mol. The minimum atomic E-state index is -0.0407. The fourth-order valence-electron chi connectivity index (χ4n) is 2.11. The molecule has 1 heterocycles. The Hall–Kier alpha value is -0.930. The molecule has 1 aliphatic heterocycles. The second-order valence-corrected chi connectivity index (χ2v) is 3.83. The molecule has 1 fully saturated rings. The molecule has 1 atom stereocenters. The fraction of sp³-hybridized carbons (Fsp3) is 0.545. The third-order valence-corrected chi connectivity index (χ3v) is 2.93. The van der Waals surface area contributed by atoms with Gasteiger partial charge in [-0.2, -0.15) is 0 Å². The van der Waals surface area contributed by atoms with Crippen molar-refractivity contribution in [2.45, 2.75) is 18.9 Å². The first-order valence-corrected chi connectivity index (χ1v) is 5.18. The van der Waals surface area contributed by atoms with Crippen LogP contribution in [-0.2, 0) is 4.79 Å². The van der Waals surface area contributed by atoms with Gasteiger partial charge in [0.1, 0.15) is 0 Å². The Kier molecular flexibility index (Phi) is 2.79. The van der Waals surface area contributed by atoms with Gasteiger partial charge in [0.25, 0.3) is 0 Å². The Morgan fingerprint density at radius 2 is 2.14 bits per heavy atom. The van der Waals surface area contributed by atoms with Gasteiger partial charge < -0.3 is 5.73 Å². The third kappa shape index (κ3) is 1.65. The van der Waals surface area contributed by atoms with Crippen molar-refractivity contribution in [2.75, 3.05) is 19.6 Å². The van der Waals surface area contributed by atoms with Crippen LogP contribution in [0.4, 0.5) is 0 Å². The topological polar surface area (TPSA) is 46.3 Å². The van der Waals surface area contributed by atoms with Gasteiger partial charge in [0.2, 0.25) is 0 Å². The van der Waals surface area contributed by atoms with Crippen molar-refractivity contribution in [3.63, 3.8) is 0 Å². The Bertz CT molecular complexity index is 288. The molecule has 0 radical (unpaired) electrons. The van der Waals surface area contributed by atoms with E-state index in [2.05, 4.69) is 4.90 Å². The summed E-state index contributed by atoms with van der Waals surface area (Å²) in [5.41, 5.74) is 6.27. The van der Waals surface area contributed by atoms with E-state index in [4.69, 9.17) is 5.73 Å². The van der Waals surface area contributed by atoms with Crippen molar-refractivity contribution in [2.24, 2.45) is 5.73 Å². The molecule has 0 aromatic carbocycles. The van der Waals surface area contributed by atoms with Crippen LogP contribution in [0.3, 0.4) is 0 Å². The van der Waals surface area contributed by atoms with Gasteiger partial charge in [-0.1, -0.05) is 18.2 Å². The largest absolute Gasteiger partial charge is 0.326 e. The molecule has 1 saturated heterocycles. The summed E-state index contributed by atoms with van der Waals surface area (Å²) in [5.74, 6) is 0.192. The second-order valence-electron chi connectivity index (χ2n) is 3.83. The van der Waals surface area contributed by atoms with Crippen molar-refractivity contribution in [3.8, 4) is 0 Å². The summed E-state index contributed by atoms with van der Waals surface area (Å²) in [6.07, 6.45) is 8.17. The van der Waals surface area contributed by atoms with E-state index in [1.54, 1.807) is 0 Å². The van der Waals surface area contributed by atoms with E-state index in [0.717, 1.165) is 18.7 Å². The lowest BCUT2D eigenvalue weighted by molar-refractivity contribution is -0.118. The molecule has 2 rings (SSSR count). The van der Waals surface area contributed by atoms with Crippen LogP contribution in [0.2, 0.25) is 0 Å². The summed E-state index contributed by atoms with van der Waals surface area (Å²) in [4.78, 5) is 14.1. The molecule has 3 heteroatoms. The van der Waals surface area contributed by atoms with Gasteiger partial charge in [-0.3, -0.25) is 9.69 Å². The lowest BCUT2D eigenvalue weighted by Gasteiger charge is -2.25. The maximum atomic E-state index is 11.9. The molecular formula is C11H16N2O. The first-order valence-electron chi connectivity index (χ1n) is 5.18. The number of hydrogen-bond acceptors (Lipinski definition) is 3. The maximum Gasteiger partial charge on any atom is 0.181 e. The predicted molar refractivity (Wildman–Crippen MR) is 55.9 cm³/mol. The van der Waals surface area contributed by atoms with Crippen LogP contribution in [0.5, 0.6) is 0 Å². The van der Waals surface area contributed by atoms with Crippen LogP contribution >= 0.6 is 0 Å². The normalized spacial score (nSPS) is 28.2.